The summed E-state index contributed by atoms with van der Waals surface area (Å²) in [6.07, 6.45) is 4.71. The highest BCUT2D eigenvalue weighted by atomic mass is 14.2. The summed E-state index contributed by atoms with van der Waals surface area (Å²) in [5.41, 5.74) is 5.87. The van der Waals surface area contributed by atoms with Gasteiger partial charge in [-0.05, 0) is 34.3 Å². The molecule has 0 saturated heterocycles. The zero-order chi connectivity index (χ0) is 10.8. The van der Waals surface area contributed by atoms with Gasteiger partial charge in [-0.3, -0.25) is 0 Å². The van der Waals surface area contributed by atoms with Crippen LogP contribution in [0.25, 0.3) is 5.57 Å². The minimum atomic E-state index is 0.906. The van der Waals surface area contributed by atoms with Gasteiger partial charge in [0.1, 0.15) is 0 Å². The Morgan fingerprint density at radius 3 is 2.60 bits per heavy atom. The average Bonchev–Trinajstić information content (AvgIpc) is 2.25. The van der Waals surface area contributed by atoms with E-state index in [1.807, 2.05) is 6.08 Å². The van der Waals surface area contributed by atoms with Crippen molar-refractivity contribution in [1.29, 1.82) is 0 Å². The molecule has 0 bridgehead atoms. The molecule has 0 radical (unpaired) electrons. The van der Waals surface area contributed by atoms with Crippen LogP contribution in [0.4, 0.5) is 0 Å². The summed E-state index contributed by atoms with van der Waals surface area (Å²) in [7, 11) is 0. The third-order valence-electron chi connectivity index (χ3n) is 2.75. The lowest BCUT2D eigenvalue weighted by Gasteiger charge is -2.23. The van der Waals surface area contributed by atoms with Gasteiger partial charge in [-0.2, -0.15) is 0 Å². The van der Waals surface area contributed by atoms with E-state index < -0.39 is 0 Å². The molecule has 1 aliphatic carbocycles. The molecule has 0 N–H and O–H groups in total. The Hall–Kier alpha value is -1.82. The highest BCUT2D eigenvalue weighted by Crippen LogP contribution is 2.36. The number of hydrogen-bond acceptors (Lipinski definition) is 0. The molecular weight excluding hydrogens is 180 g/mol. The molecule has 74 valence electrons. The van der Waals surface area contributed by atoms with Gasteiger partial charge in [0.05, 0.1) is 0 Å². The zero-order valence-electron chi connectivity index (χ0n) is 8.79. The maximum absolute atomic E-state index is 4.08. The third-order valence-corrected chi connectivity index (χ3v) is 2.75. The first-order valence-electron chi connectivity index (χ1n) is 5.02. The van der Waals surface area contributed by atoms with Crippen molar-refractivity contribution in [1.82, 2.24) is 0 Å². The van der Waals surface area contributed by atoms with Crippen LogP contribution >= 0.6 is 0 Å². The first-order chi connectivity index (χ1) is 7.24. The van der Waals surface area contributed by atoms with E-state index in [1.165, 1.54) is 11.1 Å². The standard InChI is InChI=1S/C15H14/c1-4-7-14-12(3)11(2)10-13-8-5-6-9-15(13)14/h4-9H,1-3,10H2/b14-7+. The normalized spacial score (nSPS) is 17.7. The second-order valence-corrected chi connectivity index (χ2v) is 3.73. The highest BCUT2D eigenvalue weighted by Gasteiger charge is 2.18. The van der Waals surface area contributed by atoms with Gasteiger partial charge in [0.15, 0.2) is 0 Å². The van der Waals surface area contributed by atoms with E-state index in [2.05, 4.69) is 44.0 Å². The number of hydrogen-bond donors (Lipinski definition) is 0. The van der Waals surface area contributed by atoms with Crippen LogP contribution in [0.5, 0.6) is 0 Å². The fourth-order valence-electron chi connectivity index (χ4n) is 1.94. The maximum atomic E-state index is 4.08. The summed E-state index contributed by atoms with van der Waals surface area (Å²) in [5, 5.41) is 0. The number of benzene rings is 1. The first-order valence-corrected chi connectivity index (χ1v) is 5.02. The molecule has 0 fully saturated rings. The molecule has 0 amide bonds. The molecule has 0 heterocycles. The van der Waals surface area contributed by atoms with Crippen LogP contribution in [-0.4, -0.2) is 0 Å². The van der Waals surface area contributed by atoms with Gasteiger partial charge in [0, 0.05) is 0 Å². The number of allylic oxidation sites excluding steroid dienone is 5. The molecule has 0 unspecified atom stereocenters. The van der Waals surface area contributed by atoms with Gasteiger partial charge < -0.3 is 0 Å². The van der Waals surface area contributed by atoms with E-state index in [4.69, 9.17) is 0 Å². The topological polar surface area (TPSA) is 0 Å². The Morgan fingerprint density at radius 1 is 1.13 bits per heavy atom. The average molecular weight is 194 g/mol. The Kier molecular flexibility index (Phi) is 2.42. The minimum absolute atomic E-state index is 0.906. The molecule has 0 saturated carbocycles. The summed E-state index contributed by atoms with van der Waals surface area (Å²) in [6.45, 7) is 11.9. The van der Waals surface area contributed by atoms with E-state index in [-0.39, 0.29) is 0 Å². The Balaban J connectivity index is 2.64. The smallest absolute Gasteiger partial charge is 0.00195 e. The third kappa shape index (κ3) is 1.59. The van der Waals surface area contributed by atoms with Gasteiger partial charge in [0.2, 0.25) is 0 Å². The van der Waals surface area contributed by atoms with Crippen molar-refractivity contribution in [3.05, 3.63) is 78.4 Å². The SMILES string of the molecule is C=C/C=C1\C(=C)C(=C)Cc2ccccc21. The van der Waals surface area contributed by atoms with Crippen molar-refractivity contribution in [3.63, 3.8) is 0 Å². The maximum Gasteiger partial charge on any atom is -0.00195 e. The van der Waals surface area contributed by atoms with Crippen LogP contribution in [0.2, 0.25) is 0 Å². The van der Waals surface area contributed by atoms with E-state index in [9.17, 15) is 0 Å². The molecule has 15 heavy (non-hydrogen) atoms. The van der Waals surface area contributed by atoms with E-state index in [0.29, 0.717) is 0 Å². The van der Waals surface area contributed by atoms with Gasteiger partial charge in [-0.25, -0.2) is 0 Å². The van der Waals surface area contributed by atoms with Crippen LogP contribution < -0.4 is 0 Å². The van der Waals surface area contributed by atoms with E-state index >= 15 is 0 Å². The summed E-state index contributed by atoms with van der Waals surface area (Å²) in [6, 6.07) is 8.38. The van der Waals surface area contributed by atoms with Crippen LogP contribution in [0.3, 0.4) is 0 Å². The summed E-state index contributed by atoms with van der Waals surface area (Å²) in [4.78, 5) is 0. The summed E-state index contributed by atoms with van der Waals surface area (Å²) in [5.74, 6) is 0. The highest BCUT2D eigenvalue weighted by molar-refractivity contribution is 5.87. The molecule has 1 aromatic carbocycles. The van der Waals surface area contributed by atoms with Crippen molar-refractivity contribution in [2.45, 2.75) is 6.42 Å². The lowest BCUT2D eigenvalue weighted by Crippen LogP contribution is -2.06. The van der Waals surface area contributed by atoms with E-state index in [0.717, 1.165) is 23.1 Å². The molecule has 2 rings (SSSR count). The van der Waals surface area contributed by atoms with Crippen LogP contribution in [0, 0.1) is 0 Å². The lowest BCUT2D eigenvalue weighted by atomic mass is 9.81. The summed E-state index contributed by atoms with van der Waals surface area (Å²) >= 11 is 0. The molecule has 0 atom stereocenters. The Labute approximate surface area is 91.0 Å². The van der Waals surface area contributed by atoms with Crippen LogP contribution in [-0.2, 0) is 6.42 Å². The fourth-order valence-corrected chi connectivity index (χ4v) is 1.94. The summed E-state index contributed by atoms with van der Waals surface area (Å²) < 4.78 is 0. The molecule has 0 nitrogen and oxygen atoms in total. The molecular formula is C15H14. The fraction of sp³-hybridized carbons (Fsp3) is 0.0667. The van der Waals surface area contributed by atoms with Crippen molar-refractivity contribution in [3.8, 4) is 0 Å². The molecule has 1 aliphatic rings. The zero-order valence-corrected chi connectivity index (χ0v) is 8.79. The second-order valence-electron chi connectivity index (χ2n) is 3.73. The van der Waals surface area contributed by atoms with Crippen molar-refractivity contribution in [2.24, 2.45) is 0 Å². The number of fused-ring (bicyclic) bond motifs is 1. The Morgan fingerprint density at radius 2 is 1.87 bits per heavy atom. The largest absolute Gasteiger partial charge is 0.0990 e. The molecule has 0 heteroatoms. The second kappa shape index (κ2) is 3.74. The quantitative estimate of drug-likeness (QED) is 0.635. The first kappa shape index (κ1) is 9.72. The molecule has 0 aromatic heterocycles. The molecule has 0 spiro atoms. The minimum Gasteiger partial charge on any atom is -0.0990 e. The lowest BCUT2D eigenvalue weighted by molar-refractivity contribution is 1.14. The Bertz CT molecular complexity index is 473. The number of rotatable bonds is 1. The monoisotopic (exact) mass is 194 g/mol. The van der Waals surface area contributed by atoms with Crippen molar-refractivity contribution >= 4 is 5.57 Å². The predicted octanol–water partition coefficient (Wildman–Crippen LogP) is 3.92. The molecule has 1 aromatic rings. The molecule has 0 aliphatic heterocycles. The van der Waals surface area contributed by atoms with Crippen molar-refractivity contribution < 1.29 is 0 Å². The van der Waals surface area contributed by atoms with Gasteiger partial charge in [-0.1, -0.05) is 56.2 Å². The van der Waals surface area contributed by atoms with Gasteiger partial charge in [-0.15, -0.1) is 0 Å². The van der Waals surface area contributed by atoms with Crippen molar-refractivity contribution in [2.75, 3.05) is 0 Å². The van der Waals surface area contributed by atoms with Crippen LogP contribution in [0.1, 0.15) is 11.1 Å². The van der Waals surface area contributed by atoms with Crippen LogP contribution in [0.15, 0.2) is 67.3 Å². The predicted molar refractivity (Wildman–Crippen MR) is 66.6 cm³/mol. The van der Waals surface area contributed by atoms with Gasteiger partial charge in [0.25, 0.3) is 0 Å². The van der Waals surface area contributed by atoms with E-state index in [1.54, 1.807) is 6.08 Å². The van der Waals surface area contributed by atoms with Gasteiger partial charge >= 0.3 is 0 Å².